The van der Waals surface area contributed by atoms with Crippen molar-refractivity contribution in [1.82, 2.24) is 9.97 Å². The van der Waals surface area contributed by atoms with Crippen LogP contribution in [-0.4, -0.2) is 15.9 Å². The van der Waals surface area contributed by atoms with Crippen molar-refractivity contribution < 1.29 is 9.53 Å². The van der Waals surface area contributed by atoms with Gasteiger partial charge in [0.25, 0.3) is 5.91 Å². The van der Waals surface area contributed by atoms with Crippen LogP contribution in [0.1, 0.15) is 21.5 Å². The molecule has 3 rings (SSSR count). The summed E-state index contributed by atoms with van der Waals surface area (Å²) in [5.74, 6) is 0.0838. The molecule has 19 heavy (non-hydrogen) atoms. The van der Waals surface area contributed by atoms with E-state index < -0.39 is 0 Å². The highest BCUT2D eigenvalue weighted by Crippen LogP contribution is 2.21. The number of hydrogen-bond donors (Lipinski definition) is 1. The Kier molecular flexibility index (Phi) is 3.15. The van der Waals surface area contributed by atoms with Crippen molar-refractivity contribution in [1.29, 1.82) is 0 Å². The molecule has 5 nitrogen and oxygen atoms in total. The normalized spacial score (nSPS) is 13.1. The summed E-state index contributed by atoms with van der Waals surface area (Å²) in [5.41, 5.74) is 2.73. The van der Waals surface area contributed by atoms with Crippen molar-refractivity contribution >= 4 is 23.3 Å². The number of amides is 1. The number of benzene rings is 1. The van der Waals surface area contributed by atoms with E-state index in [1.54, 1.807) is 6.07 Å². The molecule has 1 aromatic heterocycles. The Balaban J connectivity index is 1.81. The number of rotatable bonds is 2. The van der Waals surface area contributed by atoms with Crippen LogP contribution < -0.4 is 5.32 Å². The number of nitrogens with one attached hydrogen (secondary N) is 1. The van der Waals surface area contributed by atoms with Crippen molar-refractivity contribution in [2.24, 2.45) is 0 Å². The van der Waals surface area contributed by atoms with E-state index in [1.807, 2.05) is 12.1 Å². The minimum atomic E-state index is -0.244. The molecule has 2 aromatic rings. The fraction of sp³-hybridized carbons (Fsp3) is 0.154. The van der Waals surface area contributed by atoms with Crippen molar-refractivity contribution in [3.63, 3.8) is 0 Å². The summed E-state index contributed by atoms with van der Waals surface area (Å²) in [6.07, 6.45) is 2.85. The molecule has 1 amide bonds. The van der Waals surface area contributed by atoms with Crippen molar-refractivity contribution in [2.75, 3.05) is 5.32 Å². The number of carbonyl (C=O) groups is 1. The summed E-state index contributed by atoms with van der Waals surface area (Å²) in [4.78, 5) is 19.9. The number of carbonyl (C=O) groups excluding carboxylic acids is 1. The van der Waals surface area contributed by atoms with Gasteiger partial charge in [0.15, 0.2) is 5.82 Å². The predicted molar refractivity (Wildman–Crippen MR) is 69.9 cm³/mol. The van der Waals surface area contributed by atoms with E-state index in [1.165, 1.54) is 12.4 Å². The van der Waals surface area contributed by atoms with Crippen LogP contribution in [0.5, 0.6) is 0 Å². The van der Waals surface area contributed by atoms with Gasteiger partial charge in [-0.1, -0.05) is 17.7 Å². The second-order valence-electron chi connectivity index (χ2n) is 4.16. The third-order valence-electron chi connectivity index (χ3n) is 2.83. The van der Waals surface area contributed by atoms with Crippen LogP contribution in [0.15, 0.2) is 30.6 Å². The van der Waals surface area contributed by atoms with Crippen LogP contribution in [0, 0.1) is 0 Å². The predicted octanol–water partition coefficient (Wildman–Crippen LogP) is 2.41. The zero-order valence-electron chi connectivity index (χ0n) is 9.89. The highest BCUT2D eigenvalue weighted by Gasteiger charge is 2.14. The number of anilines is 1. The van der Waals surface area contributed by atoms with Gasteiger partial charge in [-0.25, -0.2) is 4.98 Å². The van der Waals surface area contributed by atoms with Gasteiger partial charge in [-0.05, 0) is 23.3 Å². The van der Waals surface area contributed by atoms with Crippen LogP contribution in [0.25, 0.3) is 0 Å². The lowest BCUT2D eigenvalue weighted by Gasteiger charge is -2.05. The summed E-state index contributed by atoms with van der Waals surface area (Å²) < 4.78 is 5.31. The van der Waals surface area contributed by atoms with E-state index >= 15 is 0 Å². The van der Waals surface area contributed by atoms with Crippen molar-refractivity contribution in [2.45, 2.75) is 13.2 Å². The average molecular weight is 276 g/mol. The van der Waals surface area contributed by atoms with E-state index in [0.717, 1.165) is 11.1 Å². The van der Waals surface area contributed by atoms with Crippen LogP contribution in [0.2, 0.25) is 5.15 Å². The van der Waals surface area contributed by atoms with Gasteiger partial charge in [-0.15, -0.1) is 0 Å². The van der Waals surface area contributed by atoms with Crippen molar-refractivity contribution in [3.8, 4) is 0 Å². The SMILES string of the molecule is O=C(Nc1cncc(Cl)n1)c1ccc2c(c1)COC2. The molecule has 0 atom stereocenters. The summed E-state index contributed by atoms with van der Waals surface area (Å²) >= 11 is 5.71. The van der Waals surface area contributed by atoms with Crippen LogP contribution in [0.3, 0.4) is 0 Å². The number of ether oxygens (including phenoxy) is 1. The third kappa shape index (κ3) is 2.57. The van der Waals surface area contributed by atoms with Crippen molar-refractivity contribution in [3.05, 3.63) is 52.4 Å². The molecule has 0 saturated carbocycles. The summed E-state index contributed by atoms with van der Waals surface area (Å²) in [6, 6.07) is 5.50. The Labute approximate surface area is 114 Å². The molecule has 0 radical (unpaired) electrons. The van der Waals surface area contributed by atoms with Gasteiger partial charge < -0.3 is 10.1 Å². The molecule has 6 heteroatoms. The van der Waals surface area contributed by atoms with Crippen LogP contribution in [0.4, 0.5) is 5.82 Å². The first-order valence-electron chi connectivity index (χ1n) is 5.71. The van der Waals surface area contributed by atoms with E-state index in [2.05, 4.69) is 15.3 Å². The van der Waals surface area contributed by atoms with Gasteiger partial charge in [-0.3, -0.25) is 9.78 Å². The Bertz CT molecular complexity index is 646. The van der Waals surface area contributed by atoms with Gasteiger partial charge in [0.2, 0.25) is 0 Å². The molecule has 0 aliphatic carbocycles. The molecular weight excluding hydrogens is 266 g/mol. The minimum Gasteiger partial charge on any atom is -0.372 e. The highest BCUT2D eigenvalue weighted by molar-refractivity contribution is 6.29. The van der Waals surface area contributed by atoms with Gasteiger partial charge in [0.1, 0.15) is 5.15 Å². The summed E-state index contributed by atoms with van der Waals surface area (Å²) in [6.45, 7) is 1.16. The third-order valence-corrected chi connectivity index (χ3v) is 3.01. The molecular formula is C13H10ClN3O2. The Hall–Kier alpha value is -1.98. The molecule has 0 unspecified atom stereocenters. The smallest absolute Gasteiger partial charge is 0.256 e. The topological polar surface area (TPSA) is 64.1 Å². The monoisotopic (exact) mass is 275 g/mol. The maximum Gasteiger partial charge on any atom is 0.256 e. The lowest BCUT2D eigenvalue weighted by atomic mass is 10.1. The number of halogens is 1. The maximum absolute atomic E-state index is 12.1. The second kappa shape index (κ2) is 4.95. The largest absolute Gasteiger partial charge is 0.372 e. The van der Waals surface area contributed by atoms with Crippen LogP contribution >= 0.6 is 11.6 Å². The Morgan fingerprint density at radius 1 is 1.26 bits per heavy atom. The number of fused-ring (bicyclic) bond motifs is 1. The number of nitrogens with zero attached hydrogens (tertiary/aromatic N) is 2. The van der Waals surface area contributed by atoms with Crippen LogP contribution in [-0.2, 0) is 18.0 Å². The Morgan fingerprint density at radius 2 is 2.11 bits per heavy atom. The van der Waals surface area contributed by atoms with Gasteiger partial charge in [-0.2, -0.15) is 0 Å². The van der Waals surface area contributed by atoms with E-state index in [-0.39, 0.29) is 11.1 Å². The van der Waals surface area contributed by atoms with Gasteiger partial charge >= 0.3 is 0 Å². The van der Waals surface area contributed by atoms with E-state index in [0.29, 0.717) is 24.6 Å². The standard InChI is InChI=1S/C13H10ClN3O2/c14-11-4-15-5-12(16-11)17-13(18)8-1-2-9-6-19-7-10(9)3-8/h1-5H,6-7H2,(H,16,17,18). The van der Waals surface area contributed by atoms with Gasteiger partial charge in [0, 0.05) is 5.56 Å². The zero-order chi connectivity index (χ0) is 13.2. The molecule has 0 bridgehead atoms. The summed E-state index contributed by atoms with van der Waals surface area (Å²) in [7, 11) is 0. The second-order valence-corrected chi connectivity index (χ2v) is 4.54. The molecule has 0 spiro atoms. The molecule has 1 N–H and O–H groups in total. The Morgan fingerprint density at radius 3 is 2.95 bits per heavy atom. The lowest BCUT2D eigenvalue weighted by Crippen LogP contribution is -2.13. The van der Waals surface area contributed by atoms with Gasteiger partial charge in [0.05, 0.1) is 25.6 Å². The van der Waals surface area contributed by atoms with E-state index in [4.69, 9.17) is 16.3 Å². The first-order chi connectivity index (χ1) is 9.22. The molecule has 1 aliphatic heterocycles. The quantitative estimate of drug-likeness (QED) is 0.914. The first kappa shape index (κ1) is 12.1. The number of hydrogen-bond acceptors (Lipinski definition) is 4. The molecule has 96 valence electrons. The molecule has 2 heterocycles. The first-order valence-corrected chi connectivity index (χ1v) is 6.08. The zero-order valence-corrected chi connectivity index (χ0v) is 10.6. The summed E-state index contributed by atoms with van der Waals surface area (Å²) in [5, 5.41) is 2.89. The average Bonchev–Trinajstić information content (AvgIpc) is 2.85. The number of aromatic nitrogens is 2. The highest BCUT2D eigenvalue weighted by atomic mass is 35.5. The molecule has 1 aliphatic rings. The van der Waals surface area contributed by atoms with E-state index in [9.17, 15) is 4.79 Å². The maximum atomic E-state index is 12.1. The fourth-order valence-electron chi connectivity index (χ4n) is 1.90. The molecule has 0 fully saturated rings. The minimum absolute atomic E-state index is 0.236. The lowest BCUT2D eigenvalue weighted by molar-refractivity contribution is 0.102. The molecule has 0 saturated heterocycles. The molecule has 1 aromatic carbocycles. The fourth-order valence-corrected chi connectivity index (χ4v) is 2.05.